The fourth-order valence-electron chi connectivity index (χ4n) is 1.99. The maximum absolute atomic E-state index is 13.2. The lowest BCUT2D eigenvalue weighted by Gasteiger charge is -2.34. The summed E-state index contributed by atoms with van der Waals surface area (Å²) in [6.45, 7) is 4.97. The highest BCUT2D eigenvalue weighted by Crippen LogP contribution is 2.29. The lowest BCUT2D eigenvalue weighted by atomic mass is 10.1. The normalized spacial score (nSPS) is 11.6. The Hall–Kier alpha value is -1.95. The van der Waals surface area contributed by atoms with E-state index in [1.54, 1.807) is 32.9 Å². The van der Waals surface area contributed by atoms with Crippen molar-refractivity contribution in [2.24, 2.45) is 0 Å². The number of carbonyl (C=O) groups is 2. The Balaban J connectivity index is 2.40. The van der Waals surface area contributed by atoms with Gasteiger partial charge in [0.15, 0.2) is 0 Å². The van der Waals surface area contributed by atoms with Crippen LogP contribution in [0, 0.1) is 5.82 Å². The van der Waals surface area contributed by atoms with Crippen LogP contribution in [0.5, 0.6) is 0 Å². The number of amides is 1. The summed E-state index contributed by atoms with van der Waals surface area (Å²) >= 11 is 1.17. The van der Waals surface area contributed by atoms with Crippen molar-refractivity contribution in [2.45, 2.75) is 26.3 Å². The van der Waals surface area contributed by atoms with E-state index in [9.17, 15) is 14.0 Å². The monoisotopic (exact) mass is 309 g/mol. The fourth-order valence-corrected chi connectivity index (χ4v) is 3.03. The highest BCUT2D eigenvalue weighted by Gasteiger charge is 2.30. The second-order valence-corrected chi connectivity index (χ2v) is 6.83. The molecule has 4 nitrogen and oxygen atoms in total. The van der Waals surface area contributed by atoms with Crippen LogP contribution in [0.1, 0.15) is 30.4 Å². The van der Waals surface area contributed by atoms with E-state index in [1.807, 2.05) is 0 Å². The van der Waals surface area contributed by atoms with E-state index in [0.717, 1.165) is 5.39 Å². The molecular weight excluding hydrogens is 293 g/mol. The molecular formula is C15H16FNO3S. The minimum absolute atomic E-state index is 0.355. The maximum atomic E-state index is 13.2. The van der Waals surface area contributed by atoms with Gasteiger partial charge in [-0.05, 0) is 44.4 Å². The number of fused-ring (bicyclic) bond motifs is 1. The van der Waals surface area contributed by atoms with Crippen LogP contribution in [0.2, 0.25) is 0 Å². The molecule has 21 heavy (non-hydrogen) atoms. The lowest BCUT2D eigenvalue weighted by Crippen LogP contribution is -2.48. The van der Waals surface area contributed by atoms with Gasteiger partial charge in [-0.25, -0.2) is 4.39 Å². The van der Waals surface area contributed by atoms with Gasteiger partial charge >= 0.3 is 5.97 Å². The number of hydrogen-bond donors (Lipinski definition) is 1. The number of thiophene rings is 1. The summed E-state index contributed by atoms with van der Waals surface area (Å²) in [7, 11) is 0. The number of carboxylic acids is 1. The van der Waals surface area contributed by atoms with Gasteiger partial charge in [0.05, 0.1) is 4.88 Å². The molecule has 1 N–H and O–H groups in total. The number of rotatable bonds is 3. The minimum Gasteiger partial charge on any atom is -0.480 e. The molecule has 2 aromatic rings. The summed E-state index contributed by atoms with van der Waals surface area (Å²) in [5.41, 5.74) is -0.614. The topological polar surface area (TPSA) is 57.6 Å². The van der Waals surface area contributed by atoms with Gasteiger partial charge in [-0.2, -0.15) is 0 Å². The summed E-state index contributed by atoms with van der Waals surface area (Å²) < 4.78 is 13.9. The smallest absolute Gasteiger partial charge is 0.323 e. The van der Waals surface area contributed by atoms with Gasteiger partial charge < -0.3 is 10.0 Å². The van der Waals surface area contributed by atoms with Crippen LogP contribution in [-0.4, -0.2) is 34.0 Å². The molecule has 112 valence electrons. The Bertz CT molecular complexity index is 702. The Morgan fingerprint density at radius 2 is 1.95 bits per heavy atom. The van der Waals surface area contributed by atoms with Gasteiger partial charge in [0.25, 0.3) is 5.91 Å². The van der Waals surface area contributed by atoms with Gasteiger partial charge in [-0.3, -0.25) is 9.59 Å². The zero-order chi connectivity index (χ0) is 15.8. The lowest BCUT2D eigenvalue weighted by molar-refractivity contribution is -0.138. The summed E-state index contributed by atoms with van der Waals surface area (Å²) in [5.74, 6) is -1.78. The third-order valence-electron chi connectivity index (χ3n) is 3.04. The van der Waals surface area contributed by atoms with E-state index in [1.165, 1.54) is 28.4 Å². The van der Waals surface area contributed by atoms with Crippen LogP contribution >= 0.6 is 11.3 Å². The average Bonchev–Trinajstić information content (AvgIpc) is 2.76. The molecule has 0 fully saturated rings. The van der Waals surface area contributed by atoms with Crippen LogP contribution in [0.25, 0.3) is 10.1 Å². The van der Waals surface area contributed by atoms with Crippen LogP contribution in [0.3, 0.4) is 0 Å². The van der Waals surface area contributed by atoms with E-state index < -0.39 is 11.5 Å². The molecule has 0 saturated heterocycles. The molecule has 0 saturated carbocycles. The molecule has 0 radical (unpaired) electrons. The van der Waals surface area contributed by atoms with E-state index in [-0.39, 0.29) is 18.3 Å². The molecule has 0 spiro atoms. The third-order valence-corrected chi connectivity index (χ3v) is 4.13. The Kier molecular flexibility index (Phi) is 4.00. The van der Waals surface area contributed by atoms with Gasteiger partial charge in [0, 0.05) is 10.2 Å². The predicted molar refractivity (Wildman–Crippen MR) is 80.2 cm³/mol. The van der Waals surface area contributed by atoms with E-state index >= 15 is 0 Å². The molecule has 1 aromatic carbocycles. The molecule has 2 rings (SSSR count). The highest BCUT2D eigenvalue weighted by atomic mass is 32.1. The van der Waals surface area contributed by atoms with Crippen molar-refractivity contribution in [1.29, 1.82) is 0 Å². The van der Waals surface area contributed by atoms with E-state index in [2.05, 4.69) is 0 Å². The van der Waals surface area contributed by atoms with Crippen LogP contribution in [0.15, 0.2) is 24.3 Å². The van der Waals surface area contributed by atoms with Crippen molar-refractivity contribution in [3.8, 4) is 0 Å². The number of nitrogens with zero attached hydrogens (tertiary/aromatic N) is 1. The summed E-state index contributed by atoms with van der Waals surface area (Å²) in [6.07, 6.45) is 0. The van der Waals surface area contributed by atoms with Crippen molar-refractivity contribution < 1.29 is 19.1 Å². The number of carbonyl (C=O) groups excluding carboxylic acids is 1. The molecule has 1 heterocycles. The first kappa shape index (κ1) is 15.4. The molecule has 1 aromatic heterocycles. The molecule has 0 aliphatic rings. The molecule has 0 aliphatic heterocycles. The van der Waals surface area contributed by atoms with Crippen molar-refractivity contribution in [3.63, 3.8) is 0 Å². The Morgan fingerprint density at radius 3 is 2.52 bits per heavy atom. The third kappa shape index (κ3) is 3.39. The Morgan fingerprint density at radius 1 is 1.29 bits per heavy atom. The highest BCUT2D eigenvalue weighted by molar-refractivity contribution is 7.20. The van der Waals surface area contributed by atoms with Crippen molar-refractivity contribution in [1.82, 2.24) is 4.90 Å². The number of hydrogen-bond acceptors (Lipinski definition) is 3. The number of carboxylic acid groups (broad SMARTS) is 1. The second kappa shape index (κ2) is 5.44. The first-order valence-corrected chi connectivity index (χ1v) is 7.23. The van der Waals surface area contributed by atoms with Gasteiger partial charge in [0.1, 0.15) is 12.4 Å². The summed E-state index contributed by atoms with van der Waals surface area (Å²) in [5, 5.41) is 9.75. The van der Waals surface area contributed by atoms with Crippen LogP contribution < -0.4 is 0 Å². The molecule has 1 amide bonds. The summed E-state index contributed by atoms with van der Waals surface area (Å²) in [6, 6.07) is 5.98. The average molecular weight is 309 g/mol. The number of halogens is 1. The van der Waals surface area contributed by atoms with Crippen molar-refractivity contribution in [3.05, 3.63) is 35.0 Å². The van der Waals surface area contributed by atoms with Gasteiger partial charge in [-0.15, -0.1) is 11.3 Å². The first-order valence-electron chi connectivity index (χ1n) is 6.41. The number of aliphatic carboxylic acids is 1. The standard InChI is InChI=1S/C15H16FNO3S/c1-15(2,3)17(8-13(18)19)14(20)12-6-9-4-5-10(16)7-11(9)21-12/h4-7H,8H2,1-3H3,(H,18,19). The molecule has 6 heteroatoms. The number of benzene rings is 1. The van der Waals surface area contributed by atoms with Crippen LogP contribution in [0.4, 0.5) is 4.39 Å². The van der Waals surface area contributed by atoms with Gasteiger partial charge in [0.2, 0.25) is 0 Å². The first-order chi connectivity index (χ1) is 9.68. The zero-order valence-corrected chi connectivity index (χ0v) is 12.8. The summed E-state index contributed by atoms with van der Waals surface area (Å²) in [4.78, 5) is 25.2. The molecule has 0 aliphatic carbocycles. The van der Waals surface area contributed by atoms with E-state index in [0.29, 0.717) is 9.58 Å². The maximum Gasteiger partial charge on any atom is 0.323 e. The second-order valence-electron chi connectivity index (χ2n) is 5.75. The minimum atomic E-state index is -1.06. The molecule has 0 bridgehead atoms. The molecule has 0 atom stereocenters. The quantitative estimate of drug-likeness (QED) is 0.945. The SMILES string of the molecule is CC(C)(C)N(CC(=O)O)C(=O)c1cc2ccc(F)cc2s1. The van der Waals surface area contributed by atoms with Gasteiger partial charge in [-0.1, -0.05) is 6.07 Å². The Labute approximate surface area is 125 Å². The van der Waals surface area contributed by atoms with Crippen molar-refractivity contribution >= 4 is 33.3 Å². The predicted octanol–water partition coefficient (Wildman–Crippen LogP) is 3.37. The zero-order valence-electron chi connectivity index (χ0n) is 12.0. The largest absolute Gasteiger partial charge is 0.480 e. The fraction of sp³-hybridized carbons (Fsp3) is 0.333. The van der Waals surface area contributed by atoms with E-state index in [4.69, 9.17) is 5.11 Å². The van der Waals surface area contributed by atoms with Crippen molar-refractivity contribution in [2.75, 3.05) is 6.54 Å². The molecule has 0 unspecified atom stereocenters. The van der Waals surface area contributed by atoms with Crippen LogP contribution in [-0.2, 0) is 4.79 Å².